The lowest BCUT2D eigenvalue weighted by molar-refractivity contribution is -0.116. The van der Waals surface area contributed by atoms with Gasteiger partial charge in [0.25, 0.3) is 0 Å². The van der Waals surface area contributed by atoms with Gasteiger partial charge in [-0.15, -0.1) is 24.0 Å². The van der Waals surface area contributed by atoms with Crippen LogP contribution in [-0.2, 0) is 11.2 Å². The molecule has 0 saturated heterocycles. The van der Waals surface area contributed by atoms with Gasteiger partial charge in [0, 0.05) is 38.2 Å². The third-order valence-corrected chi connectivity index (χ3v) is 4.49. The van der Waals surface area contributed by atoms with E-state index in [2.05, 4.69) is 20.9 Å². The molecule has 2 aromatic carbocycles. The number of para-hydroxylation sites is 1. The van der Waals surface area contributed by atoms with Gasteiger partial charge in [0.1, 0.15) is 5.82 Å². The lowest BCUT2D eigenvalue weighted by Crippen LogP contribution is -2.41. The number of halogens is 2. The molecule has 3 rings (SSSR count). The van der Waals surface area contributed by atoms with Gasteiger partial charge >= 0.3 is 0 Å². The molecule has 1 unspecified atom stereocenters. The van der Waals surface area contributed by atoms with Crippen LogP contribution < -0.4 is 16.0 Å². The van der Waals surface area contributed by atoms with Crippen LogP contribution in [0.25, 0.3) is 0 Å². The van der Waals surface area contributed by atoms with Crippen molar-refractivity contribution in [3.05, 3.63) is 65.5 Å². The molecule has 7 heteroatoms. The predicted molar refractivity (Wildman–Crippen MR) is 117 cm³/mol. The monoisotopic (exact) mass is 482 g/mol. The fraction of sp³-hybridized carbons (Fsp3) is 0.300. The van der Waals surface area contributed by atoms with Crippen molar-refractivity contribution < 1.29 is 9.18 Å². The van der Waals surface area contributed by atoms with Crippen molar-refractivity contribution in [2.24, 2.45) is 4.99 Å². The third-order valence-electron chi connectivity index (χ3n) is 4.49. The summed E-state index contributed by atoms with van der Waals surface area (Å²) < 4.78 is 13.7. The number of hydrogen-bond acceptors (Lipinski definition) is 2. The predicted octanol–water partition coefficient (Wildman–Crippen LogP) is 3.28. The zero-order valence-electron chi connectivity index (χ0n) is 15.2. The normalized spacial score (nSPS) is 16.0. The number of carbonyl (C=O) groups is 1. The van der Waals surface area contributed by atoms with Crippen molar-refractivity contribution in [2.75, 3.05) is 25.5 Å². The quantitative estimate of drug-likeness (QED) is 0.348. The minimum Gasteiger partial charge on any atom is -0.356 e. The van der Waals surface area contributed by atoms with Crippen molar-refractivity contribution >= 4 is 41.5 Å². The van der Waals surface area contributed by atoms with Crippen molar-refractivity contribution in [2.45, 2.75) is 18.8 Å². The van der Waals surface area contributed by atoms with Crippen LogP contribution in [0.5, 0.6) is 0 Å². The van der Waals surface area contributed by atoms with Gasteiger partial charge in [-0.2, -0.15) is 0 Å². The highest BCUT2D eigenvalue weighted by molar-refractivity contribution is 14.0. The van der Waals surface area contributed by atoms with Gasteiger partial charge < -0.3 is 16.0 Å². The van der Waals surface area contributed by atoms with Gasteiger partial charge in [0.2, 0.25) is 5.91 Å². The van der Waals surface area contributed by atoms with Crippen LogP contribution in [0.1, 0.15) is 23.5 Å². The number of nitrogens with one attached hydrogen (secondary N) is 3. The van der Waals surface area contributed by atoms with E-state index >= 15 is 0 Å². The topological polar surface area (TPSA) is 65.5 Å². The molecule has 1 aliphatic rings. The number of benzene rings is 2. The number of carbonyl (C=O) groups excluding carboxylic acids is 1. The number of anilines is 1. The highest BCUT2D eigenvalue weighted by Gasteiger charge is 2.24. The maximum Gasteiger partial charge on any atom is 0.225 e. The summed E-state index contributed by atoms with van der Waals surface area (Å²) in [5, 5.41) is 9.36. The minimum atomic E-state index is -0.193. The average molecular weight is 482 g/mol. The van der Waals surface area contributed by atoms with E-state index in [1.165, 1.54) is 6.07 Å². The molecule has 5 nitrogen and oxygen atoms in total. The number of fused-ring (bicyclic) bond motifs is 1. The molecule has 1 amide bonds. The van der Waals surface area contributed by atoms with Crippen LogP contribution in [-0.4, -0.2) is 32.0 Å². The van der Waals surface area contributed by atoms with Crippen LogP contribution in [0.3, 0.4) is 0 Å². The van der Waals surface area contributed by atoms with Crippen LogP contribution in [0.15, 0.2) is 53.5 Å². The molecule has 0 saturated carbocycles. The summed E-state index contributed by atoms with van der Waals surface area (Å²) in [7, 11) is 1.69. The fourth-order valence-electron chi connectivity index (χ4n) is 3.14. The molecule has 0 aromatic heterocycles. The van der Waals surface area contributed by atoms with Gasteiger partial charge in [-0.25, -0.2) is 4.39 Å². The Labute approximate surface area is 175 Å². The molecule has 1 heterocycles. The smallest absolute Gasteiger partial charge is 0.225 e. The Bertz CT molecular complexity index is 812. The molecule has 2 aromatic rings. The minimum absolute atomic E-state index is 0. The first kappa shape index (κ1) is 21.1. The number of aliphatic imine (C=N–C) groups is 1. The van der Waals surface area contributed by atoms with Crippen LogP contribution in [0.2, 0.25) is 0 Å². The Kier molecular flexibility index (Phi) is 8.02. The Morgan fingerprint density at radius 1 is 1.19 bits per heavy atom. The first-order chi connectivity index (χ1) is 12.7. The molecule has 0 spiro atoms. The first-order valence-electron chi connectivity index (χ1n) is 8.74. The molecular formula is C20H24FIN4O. The Morgan fingerprint density at radius 2 is 1.93 bits per heavy atom. The number of rotatable bonds is 5. The molecule has 1 aliphatic heterocycles. The van der Waals surface area contributed by atoms with Crippen LogP contribution in [0.4, 0.5) is 10.1 Å². The van der Waals surface area contributed by atoms with E-state index < -0.39 is 0 Å². The summed E-state index contributed by atoms with van der Waals surface area (Å²) in [5.74, 6) is 0.565. The van der Waals surface area contributed by atoms with E-state index in [0.29, 0.717) is 37.5 Å². The second-order valence-corrected chi connectivity index (χ2v) is 6.26. The standard InChI is InChI=1S/C20H23FN4O.HI/c1-22-20(23-11-10-14-6-2-4-8-17(14)21)24-13-15-12-19(26)25-18-9-5-3-7-16(15)18;/h2-9,15H,10-13H2,1H3,(H,25,26)(H2,22,23,24);1H. The summed E-state index contributed by atoms with van der Waals surface area (Å²) in [6, 6.07) is 14.6. The van der Waals surface area contributed by atoms with Gasteiger partial charge in [0.05, 0.1) is 0 Å². The highest BCUT2D eigenvalue weighted by Crippen LogP contribution is 2.31. The fourth-order valence-corrected chi connectivity index (χ4v) is 3.14. The molecule has 0 aliphatic carbocycles. The second kappa shape index (κ2) is 10.2. The summed E-state index contributed by atoms with van der Waals surface area (Å²) >= 11 is 0. The SMILES string of the molecule is CN=C(NCCc1ccccc1F)NCC1CC(=O)Nc2ccccc21.I. The molecule has 0 bridgehead atoms. The summed E-state index contributed by atoms with van der Waals surface area (Å²) in [6.07, 6.45) is 1.01. The molecule has 0 fully saturated rings. The molecule has 3 N–H and O–H groups in total. The van der Waals surface area contributed by atoms with E-state index in [9.17, 15) is 9.18 Å². The summed E-state index contributed by atoms with van der Waals surface area (Å²) in [5.41, 5.74) is 2.67. The van der Waals surface area contributed by atoms with Crippen molar-refractivity contribution in [3.63, 3.8) is 0 Å². The maximum atomic E-state index is 13.7. The molecule has 0 radical (unpaired) electrons. The Morgan fingerprint density at radius 3 is 2.70 bits per heavy atom. The van der Waals surface area contributed by atoms with Crippen LogP contribution in [0, 0.1) is 5.82 Å². The maximum absolute atomic E-state index is 13.7. The van der Waals surface area contributed by atoms with E-state index in [0.717, 1.165) is 11.3 Å². The zero-order valence-corrected chi connectivity index (χ0v) is 17.5. The second-order valence-electron chi connectivity index (χ2n) is 6.26. The number of hydrogen-bond donors (Lipinski definition) is 3. The molecule has 144 valence electrons. The lowest BCUT2D eigenvalue weighted by atomic mass is 9.90. The van der Waals surface area contributed by atoms with E-state index in [1.54, 1.807) is 19.2 Å². The van der Waals surface area contributed by atoms with Crippen molar-refractivity contribution in [1.29, 1.82) is 0 Å². The van der Waals surface area contributed by atoms with E-state index in [1.807, 2.05) is 30.3 Å². The Balaban J connectivity index is 0.00000261. The zero-order chi connectivity index (χ0) is 18.4. The lowest BCUT2D eigenvalue weighted by Gasteiger charge is -2.26. The molecular weight excluding hydrogens is 458 g/mol. The average Bonchev–Trinajstić information content (AvgIpc) is 2.65. The van der Waals surface area contributed by atoms with Crippen LogP contribution >= 0.6 is 24.0 Å². The van der Waals surface area contributed by atoms with E-state index in [4.69, 9.17) is 0 Å². The van der Waals surface area contributed by atoms with Gasteiger partial charge in [-0.05, 0) is 29.7 Å². The van der Waals surface area contributed by atoms with Crippen molar-refractivity contribution in [3.8, 4) is 0 Å². The highest BCUT2D eigenvalue weighted by atomic mass is 127. The van der Waals surface area contributed by atoms with Crippen molar-refractivity contribution in [1.82, 2.24) is 10.6 Å². The number of amides is 1. The first-order valence-corrected chi connectivity index (χ1v) is 8.74. The van der Waals surface area contributed by atoms with Gasteiger partial charge in [-0.1, -0.05) is 36.4 Å². The number of guanidine groups is 1. The largest absolute Gasteiger partial charge is 0.356 e. The molecule has 27 heavy (non-hydrogen) atoms. The Hall–Kier alpha value is -2.16. The summed E-state index contributed by atoms with van der Waals surface area (Å²) in [4.78, 5) is 16.1. The summed E-state index contributed by atoms with van der Waals surface area (Å²) in [6.45, 7) is 1.17. The number of nitrogens with zero attached hydrogens (tertiary/aromatic N) is 1. The van der Waals surface area contributed by atoms with Gasteiger partial charge in [-0.3, -0.25) is 9.79 Å². The molecule has 1 atom stereocenters. The van der Waals surface area contributed by atoms with Gasteiger partial charge in [0.15, 0.2) is 5.96 Å². The third kappa shape index (κ3) is 5.66. The van der Waals surface area contributed by atoms with E-state index in [-0.39, 0.29) is 41.6 Å².